The van der Waals surface area contributed by atoms with Crippen LogP contribution in [0.15, 0.2) is 0 Å². The Bertz CT molecular complexity index is 177. The van der Waals surface area contributed by atoms with Crippen LogP contribution in [0.1, 0.15) is 47.0 Å². The van der Waals surface area contributed by atoms with Gasteiger partial charge in [-0.2, -0.15) is 0 Å². The van der Waals surface area contributed by atoms with E-state index in [1.165, 1.54) is 38.9 Å². The van der Waals surface area contributed by atoms with Gasteiger partial charge >= 0.3 is 0 Å². The zero-order valence-electron chi connectivity index (χ0n) is 11.0. The zero-order valence-corrected chi connectivity index (χ0v) is 11.0. The van der Waals surface area contributed by atoms with Crippen LogP contribution >= 0.6 is 0 Å². The quantitative estimate of drug-likeness (QED) is 0.681. The number of hydrogen-bond acceptors (Lipinski definition) is 2. The van der Waals surface area contributed by atoms with Gasteiger partial charge in [-0.3, -0.25) is 4.90 Å². The predicted octanol–water partition coefficient (Wildman–Crippen LogP) is 2.50. The Hall–Kier alpha value is -0.0800. The van der Waals surface area contributed by atoms with Crippen molar-refractivity contribution in [2.75, 3.05) is 26.2 Å². The highest BCUT2D eigenvalue weighted by molar-refractivity contribution is 4.86. The summed E-state index contributed by atoms with van der Waals surface area (Å²) in [4.78, 5) is 2.67. The largest absolute Gasteiger partial charge is 0.315 e. The predicted molar refractivity (Wildman–Crippen MR) is 67.2 cm³/mol. The van der Waals surface area contributed by atoms with Gasteiger partial charge in [0.05, 0.1) is 0 Å². The third-order valence-corrected chi connectivity index (χ3v) is 3.50. The van der Waals surface area contributed by atoms with Gasteiger partial charge in [0, 0.05) is 19.1 Å². The van der Waals surface area contributed by atoms with Crippen molar-refractivity contribution in [3.05, 3.63) is 0 Å². The Morgan fingerprint density at radius 1 is 1.33 bits per heavy atom. The topological polar surface area (TPSA) is 15.3 Å². The van der Waals surface area contributed by atoms with Crippen LogP contribution in [0.25, 0.3) is 0 Å². The highest BCUT2D eigenvalue weighted by Crippen LogP contribution is 2.30. The summed E-state index contributed by atoms with van der Waals surface area (Å²) < 4.78 is 0. The summed E-state index contributed by atoms with van der Waals surface area (Å²) in [6.07, 6.45) is 3.87. The van der Waals surface area contributed by atoms with E-state index < -0.39 is 0 Å². The molecule has 2 nitrogen and oxygen atoms in total. The Kier molecular flexibility index (Phi) is 5.07. The van der Waals surface area contributed by atoms with E-state index in [2.05, 4.69) is 37.9 Å². The lowest BCUT2D eigenvalue weighted by molar-refractivity contribution is 0.207. The molecule has 0 aliphatic carbocycles. The zero-order chi connectivity index (χ0) is 11.3. The molecule has 0 aromatic heterocycles. The Labute approximate surface area is 95.4 Å². The molecule has 0 saturated carbocycles. The molecule has 1 fully saturated rings. The van der Waals surface area contributed by atoms with Crippen molar-refractivity contribution in [3.63, 3.8) is 0 Å². The second-order valence-corrected chi connectivity index (χ2v) is 5.65. The van der Waals surface area contributed by atoms with Gasteiger partial charge in [-0.15, -0.1) is 0 Å². The second kappa shape index (κ2) is 5.86. The molecule has 1 saturated heterocycles. The Morgan fingerprint density at radius 3 is 2.53 bits per heavy atom. The van der Waals surface area contributed by atoms with Crippen molar-refractivity contribution in [2.24, 2.45) is 5.41 Å². The van der Waals surface area contributed by atoms with Crippen LogP contribution in [-0.2, 0) is 0 Å². The molecule has 0 bridgehead atoms. The van der Waals surface area contributed by atoms with Gasteiger partial charge in [0.1, 0.15) is 0 Å². The molecule has 2 heteroatoms. The van der Waals surface area contributed by atoms with Gasteiger partial charge < -0.3 is 5.32 Å². The molecule has 1 atom stereocenters. The standard InChI is InChI=1S/C13H28N2/c1-5-8-14-10-12(6-2)15-9-7-13(3,4)11-15/h12,14H,5-11H2,1-4H3. The number of nitrogens with zero attached hydrogens (tertiary/aromatic N) is 1. The summed E-state index contributed by atoms with van der Waals surface area (Å²) in [6, 6.07) is 0.748. The van der Waals surface area contributed by atoms with Gasteiger partial charge in [0.25, 0.3) is 0 Å². The van der Waals surface area contributed by atoms with Crippen LogP contribution in [0.5, 0.6) is 0 Å². The summed E-state index contributed by atoms with van der Waals surface area (Å²) in [5.74, 6) is 0. The number of likely N-dealkylation sites (tertiary alicyclic amines) is 1. The number of rotatable bonds is 6. The van der Waals surface area contributed by atoms with Crippen molar-refractivity contribution in [2.45, 2.75) is 53.0 Å². The van der Waals surface area contributed by atoms with Gasteiger partial charge in [0.15, 0.2) is 0 Å². The third kappa shape index (κ3) is 4.12. The molecule has 1 rings (SSSR count). The lowest BCUT2D eigenvalue weighted by atomic mass is 9.93. The maximum atomic E-state index is 3.55. The summed E-state index contributed by atoms with van der Waals surface area (Å²) in [6.45, 7) is 14.2. The van der Waals surface area contributed by atoms with E-state index in [9.17, 15) is 0 Å². The Balaban J connectivity index is 2.32. The molecule has 1 N–H and O–H groups in total. The summed E-state index contributed by atoms with van der Waals surface area (Å²) in [5.41, 5.74) is 0.540. The van der Waals surface area contributed by atoms with E-state index in [0.29, 0.717) is 5.41 Å². The first-order chi connectivity index (χ1) is 7.09. The third-order valence-electron chi connectivity index (χ3n) is 3.50. The molecule has 0 aromatic rings. The van der Waals surface area contributed by atoms with Gasteiger partial charge in [-0.25, -0.2) is 0 Å². The highest BCUT2D eigenvalue weighted by Gasteiger charge is 2.32. The molecule has 0 spiro atoms. The smallest absolute Gasteiger partial charge is 0.0218 e. The molecule has 1 heterocycles. The second-order valence-electron chi connectivity index (χ2n) is 5.65. The van der Waals surface area contributed by atoms with Gasteiger partial charge in [-0.05, 0) is 37.8 Å². The monoisotopic (exact) mass is 212 g/mol. The molecule has 0 radical (unpaired) electrons. The van der Waals surface area contributed by atoms with E-state index in [0.717, 1.165) is 12.6 Å². The Morgan fingerprint density at radius 2 is 2.07 bits per heavy atom. The van der Waals surface area contributed by atoms with E-state index >= 15 is 0 Å². The molecule has 0 aromatic carbocycles. The lowest BCUT2D eigenvalue weighted by Crippen LogP contribution is -2.41. The van der Waals surface area contributed by atoms with Crippen LogP contribution in [0.4, 0.5) is 0 Å². The highest BCUT2D eigenvalue weighted by atomic mass is 15.2. The summed E-state index contributed by atoms with van der Waals surface area (Å²) in [5, 5.41) is 3.55. The first-order valence-electron chi connectivity index (χ1n) is 6.54. The van der Waals surface area contributed by atoms with Crippen molar-refractivity contribution < 1.29 is 0 Å². The van der Waals surface area contributed by atoms with Crippen molar-refractivity contribution in [1.29, 1.82) is 0 Å². The molecular weight excluding hydrogens is 184 g/mol. The molecule has 90 valence electrons. The van der Waals surface area contributed by atoms with Crippen LogP contribution in [0.2, 0.25) is 0 Å². The molecule has 1 aliphatic heterocycles. The molecule has 1 unspecified atom stereocenters. The average molecular weight is 212 g/mol. The lowest BCUT2D eigenvalue weighted by Gasteiger charge is -2.28. The molecule has 15 heavy (non-hydrogen) atoms. The van der Waals surface area contributed by atoms with E-state index in [4.69, 9.17) is 0 Å². The maximum Gasteiger partial charge on any atom is 0.0218 e. The molecule has 0 amide bonds. The minimum atomic E-state index is 0.540. The number of hydrogen-bond donors (Lipinski definition) is 1. The van der Waals surface area contributed by atoms with Crippen LogP contribution in [0.3, 0.4) is 0 Å². The van der Waals surface area contributed by atoms with Crippen LogP contribution in [0, 0.1) is 5.41 Å². The van der Waals surface area contributed by atoms with Crippen molar-refractivity contribution >= 4 is 0 Å². The SMILES string of the molecule is CCCNCC(CC)N1CCC(C)(C)C1. The van der Waals surface area contributed by atoms with Crippen molar-refractivity contribution in [1.82, 2.24) is 10.2 Å². The fourth-order valence-corrected chi connectivity index (χ4v) is 2.44. The van der Waals surface area contributed by atoms with E-state index in [1.54, 1.807) is 0 Å². The van der Waals surface area contributed by atoms with E-state index in [-0.39, 0.29) is 0 Å². The fraction of sp³-hybridized carbons (Fsp3) is 1.00. The fourth-order valence-electron chi connectivity index (χ4n) is 2.44. The number of nitrogens with one attached hydrogen (secondary N) is 1. The van der Waals surface area contributed by atoms with Crippen molar-refractivity contribution in [3.8, 4) is 0 Å². The van der Waals surface area contributed by atoms with E-state index in [1.807, 2.05) is 0 Å². The first-order valence-corrected chi connectivity index (χ1v) is 6.54. The first kappa shape index (κ1) is 13.0. The molecular formula is C13H28N2. The summed E-state index contributed by atoms with van der Waals surface area (Å²) >= 11 is 0. The molecule has 1 aliphatic rings. The summed E-state index contributed by atoms with van der Waals surface area (Å²) in [7, 11) is 0. The average Bonchev–Trinajstić information content (AvgIpc) is 2.54. The van der Waals surface area contributed by atoms with Gasteiger partial charge in [-0.1, -0.05) is 27.7 Å². The minimum Gasteiger partial charge on any atom is -0.315 e. The normalized spacial score (nSPS) is 23.2. The van der Waals surface area contributed by atoms with Crippen LogP contribution in [-0.4, -0.2) is 37.1 Å². The van der Waals surface area contributed by atoms with Gasteiger partial charge in [0.2, 0.25) is 0 Å². The van der Waals surface area contributed by atoms with Crippen LogP contribution < -0.4 is 5.32 Å². The minimum absolute atomic E-state index is 0.540. The maximum absolute atomic E-state index is 3.55.